The van der Waals surface area contributed by atoms with Crippen molar-refractivity contribution in [3.8, 4) is 0 Å². The number of hydrogen-bond acceptors (Lipinski definition) is 5. The second kappa shape index (κ2) is 7.59. The maximum absolute atomic E-state index is 12.4. The van der Waals surface area contributed by atoms with Gasteiger partial charge in [0.25, 0.3) is 0 Å². The van der Waals surface area contributed by atoms with Crippen LogP contribution in [0.2, 0.25) is 0 Å². The molecule has 22 heavy (non-hydrogen) atoms. The van der Waals surface area contributed by atoms with Gasteiger partial charge in [-0.2, -0.15) is 0 Å². The van der Waals surface area contributed by atoms with Crippen molar-refractivity contribution in [2.24, 2.45) is 0 Å². The van der Waals surface area contributed by atoms with E-state index in [-0.39, 0.29) is 6.61 Å². The third-order valence-corrected chi connectivity index (χ3v) is 2.50. The minimum atomic E-state index is -1.43. The first kappa shape index (κ1) is 17.7. The molecule has 0 heterocycles. The third-order valence-electron chi connectivity index (χ3n) is 2.50. The maximum atomic E-state index is 12.4. The Balaban J connectivity index is 2.92. The first-order valence-electron chi connectivity index (χ1n) is 7.00. The van der Waals surface area contributed by atoms with Crippen molar-refractivity contribution in [1.29, 1.82) is 0 Å². The molecule has 1 rings (SSSR count). The predicted molar refractivity (Wildman–Crippen MR) is 80.6 cm³/mol. The summed E-state index contributed by atoms with van der Waals surface area (Å²) < 4.78 is 9.92. The molecule has 0 saturated carbocycles. The van der Waals surface area contributed by atoms with E-state index in [0.717, 1.165) is 0 Å². The Labute approximate surface area is 129 Å². The van der Waals surface area contributed by atoms with Crippen molar-refractivity contribution in [3.63, 3.8) is 0 Å². The summed E-state index contributed by atoms with van der Waals surface area (Å²) in [5.74, 6) is -1.37. The van der Waals surface area contributed by atoms with Crippen LogP contribution in [0.25, 0.3) is 0 Å². The van der Waals surface area contributed by atoms with E-state index in [1.54, 1.807) is 58.0 Å². The molecule has 1 N–H and O–H groups in total. The Bertz CT molecular complexity index is 533. The van der Waals surface area contributed by atoms with Crippen LogP contribution in [0.3, 0.4) is 0 Å². The van der Waals surface area contributed by atoms with E-state index in [1.807, 2.05) is 0 Å². The van der Waals surface area contributed by atoms with E-state index in [9.17, 15) is 14.4 Å². The van der Waals surface area contributed by atoms with Gasteiger partial charge in [0.2, 0.25) is 0 Å². The molecule has 0 aliphatic carbocycles. The zero-order valence-electron chi connectivity index (χ0n) is 13.2. The molecule has 0 spiro atoms. The molecule has 0 aliphatic rings. The van der Waals surface area contributed by atoms with Crippen LogP contribution in [0.5, 0.6) is 0 Å². The highest BCUT2D eigenvalue weighted by atomic mass is 16.6. The first-order chi connectivity index (χ1) is 10.2. The molecule has 1 amide bonds. The van der Waals surface area contributed by atoms with Crippen molar-refractivity contribution >= 4 is 17.8 Å². The van der Waals surface area contributed by atoms with E-state index < -0.39 is 29.5 Å². The number of Topliss-reactive ketones (excluding diaryl/α,β-unsaturated/α-hetero) is 1. The van der Waals surface area contributed by atoms with Crippen molar-refractivity contribution in [1.82, 2.24) is 5.32 Å². The number of amides is 1. The van der Waals surface area contributed by atoms with Gasteiger partial charge < -0.3 is 14.8 Å². The van der Waals surface area contributed by atoms with Gasteiger partial charge in [0, 0.05) is 5.56 Å². The number of nitrogens with one attached hydrogen (secondary N) is 1. The Morgan fingerprint density at radius 2 is 1.73 bits per heavy atom. The fourth-order valence-corrected chi connectivity index (χ4v) is 1.65. The van der Waals surface area contributed by atoms with Crippen molar-refractivity contribution < 1.29 is 23.9 Å². The van der Waals surface area contributed by atoms with Gasteiger partial charge in [0.05, 0.1) is 6.61 Å². The molecular formula is C16H21NO5. The molecule has 6 nitrogen and oxygen atoms in total. The van der Waals surface area contributed by atoms with E-state index in [1.165, 1.54) is 0 Å². The molecule has 0 aliphatic heterocycles. The van der Waals surface area contributed by atoms with Gasteiger partial charge in [-0.1, -0.05) is 30.3 Å². The summed E-state index contributed by atoms with van der Waals surface area (Å²) in [7, 11) is 0. The van der Waals surface area contributed by atoms with Gasteiger partial charge >= 0.3 is 12.1 Å². The predicted octanol–water partition coefficient (Wildman–Crippen LogP) is 2.33. The summed E-state index contributed by atoms with van der Waals surface area (Å²) in [6.45, 7) is 6.78. The Morgan fingerprint density at radius 3 is 2.23 bits per heavy atom. The number of ketones is 1. The van der Waals surface area contributed by atoms with E-state index in [0.29, 0.717) is 5.56 Å². The molecule has 0 fully saturated rings. The summed E-state index contributed by atoms with van der Waals surface area (Å²) in [5.41, 5.74) is -0.435. The Morgan fingerprint density at radius 1 is 1.14 bits per heavy atom. The number of carbonyl (C=O) groups is 3. The molecule has 0 saturated heterocycles. The van der Waals surface area contributed by atoms with E-state index in [4.69, 9.17) is 9.47 Å². The fourth-order valence-electron chi connectivity index (χ4n) is 1.65. The van der Waals surface area contributed by atoms with Gasteiger partial charge in [-0.3, -0.25) is 4.79 Å². The average molecular weight is 307 g/mol. The largest absolute Gasteiger partial charge is 0.464 e. The molecule has 1 aromatic carbocycles. The number of esters is 1. The number of carbonyl (C=O) groups excluding carboxylic acids is 3. The Hall–Kier alpha value is -2.37. The number of benzene rings is 1. The van der Waals surface area contributed by atoms with Crippen LogP contribution in [0, 0.1) is 0 Å². The number of rotatable bonds is 5. The van der Waals surface area contributed by atoms with Crippen LogP contribution in [0.1, 0.15) is 38.1 Å². The maximum Gasteiger partial charge on any atom is 0.408 e. The standard InChI is InChI=1S/C16H21NO5/c1-5-21-14(19)12(17-15(20)22-16(2,3)4)13(18)11-9-7-6-8-10-11/h6-10,12H,5H2,1-4H3,(H,17,20)/t12-/m0/s1. The highest BCUT2D eigenvalue weighted by Gasteiger charge is 2.32. The van der Waals surface area contributed by atoms with Crippen LogP contribution in [-0.4, -0.2) is 36.1 Å². The molecule has 0 aromatic heterocycles. The van der Waals surface area contributed by atoms with Crippen LogP contribution < -0.4 is 5.32 Å². The highest BCUT2D eigenvalue weighted by molar-refractivity contribution is 6.13. The van der Waals surface area contributed by atoms with Gasteiger partial charge in [-0.05, 0) is 27.7 Å². The van der Waals surface area contributed by atoms with Gasteiger partial charge in [0.15, 0.2) is 11.8 Å². The lowest BCUT2D eigenvalue weighted by atomic mass is 10.0. The number of ether oxygens (including phenoxy) is 2. The molecule has 120 valence electrons. The molecule has 0 radical (unpaired) electrons. The molecule has 0 bridgehead atoms. The lowest BCUT2D eigenvalue weighted by Gasteiger charge is -2.22. The summed E-state index contributed by atoms with van der Waals surface area (Å²) in [6.07, 6.45) is -0.852. The smallest absolute Gasteiger partial charge is 0.408 e. The quantitative estimate of drug-likeness (QED) is 0.513. The summed E-state index contributed by atoms with van der Waals surface area (Å²) >= 11 is 0. The van der Waals surface area contributed by atoms with Gasteiger partial charge in [-0.25, -0.2) is 9.59 Å². The van der Waals surface area contributed by atoms with E-state index >= 15 is 0 Å². The van der Waals surface area contributed by atoms with E-state index in [2.05, 4.69) is 5.32 Å². The van der Waals surface area contributed by atoms with Gasteiger partial charge in [-0.15, -0.1) is 0 Å². The minimum absolute atomic E-state index is 0.105. The fraction of sp³-hybridized carbons (Fsp3) is 0.438. The van der Waals surface area contributed by atoms with Crippen molar-refractivity contribution in [2.45, 2.75) is 39.3 Å². The monoisotopic (exact) mass is 307 g/mol. The zero-order valence-corrected chi connectivity index (χ0v) is 13.2. The van der Waals surface area contributed by atoms with Crippen molar-refractivity contribution in [3.05, 3.63) is 35.9 Å². The second-order valence-corrected chi connectivity index (χ2v) is 5.56. The molecule has 0 unspecified atom stereocenters. The molecule has 6 heteroatoms. The van der Waals surface area contributed by atoms with Crippen LogP contribution >= 0.6 is 0 Å². The normalized spacial score (nSPS) is 12.2. The topological polar surface area (TPSA) is 81.7 Å². The second-order valence-electron chi connectivity index (χ2n) is 5.56. The summed E-state index contributed by atoms with van der Waals surface area (Å²) in [5, 5.41) is 2.27. The SMILES string of the molecule is CCOC(=O)[C@@H](NC(=O)OC(C)(C)C)C(=O)c1ccccc1. The summed E-state index contributed by atoms with van der Waals surface area (Å²) in [4.78, 5) is 36.2. The lowest BCUT2D eigenvalue weighted by Crippen LogP contribution is -2.49. The van der Waals surface area contributed by atoms with Gasteiger partial charge in [0.1, 0.15) is 5.60 Å². The zero-order chi connectivity index (χ0) is 16.8. The molecule has 1 aromatic rings. The third kappa shape index (κ3) is 5.55. The average Bonchev–Trinajstić information content (AvgIpc) is 2.43. The Kier molecular flexibility index (Phi) is 6.10. The first-order valence-corrected chi connectivity index (χ1v) is 7.00. The minimum Gasteiger partial charge on any atom is -0.464 e. The number of hydrogen-bond donors (Lipinski definition) is 1. The number of alkyl carbamates (subject to hydrolysis) is 1. The van der Waals surface area contributed by atoms with Crippen LogP contribution in [-0.2, 0) is 14.3 Å². The van der Waals surface area contributed by atoms with Crippen molar-refractivity contribution in [2.75, 3.05) is 6.61 Å². The van der Waals surface area contributed by atoms with Crippen LogP contribution in [0.15, 0.2) is 30.3 Å². The molecular weight excluding hydrogens is 286 g/mol. The van der Waals surface area contributed by atoms with Crippen LogP contribution in [0.4, 0.5) is 4.79 Å². The highest BCUT2D eigenvalue weighted by Crippen LogP contribution is 2.09. The lowest BCUT2D eigenvalue weighted by molar-refractivity contribution is -0.144. The molecule has 1 atom stereocenters. The summed E-state index contributed by atoms with van der Waals surface area (Å²) in [6, 6.07) is 6.78.